The molecule has 2 aromatic rings. The van der Waals surface area contributed by atoms with Crippen molar-refractivity contribution in [2.75, 3.05) is 13.2 Å². The molecule has 0 saturated carbocycles. The summed E-state index contributed by atoms with van der Waals surface area (Å²) < 4.78 is 11.2. The molecule has 1 aromatic carbocycles. The normalized spacial score (nSPS) is 12.2. The number of imidazole rings is 1. The monoisotopic (exact) mass is 276 g/mol. The molecule has 0 saturated heterocycles. The van der Waals surface area contributed by atoms with Gasteiger partial charge in [-0.25, -0.2) is 10.4 Å². The van der Waals surface area contributed by atoms with Gasteiger partial charge in [-0.1, -0.05) is 6.07 Å². The van der Waals surface area contributed by atoms with Gasteiger partial charge >= 0.3 is 0 Å². The number of nitrogens with one attached hydrogen (secondary N) is 2. The van der Waals surface area contributed by atoms with Crippen LogP contribution in [-0.2, 0) is 0 Å². The summed E-state index contributed by atoms with van der Waals surface area (Å²) in [5.74, 6) is 7.82. The Morgan fingerprint density at radius 3 is 2.60 bits per heavy atom. The molecule has 1 unspecified atom stereocenters. The van der Waals surface area contributed by atoms with Crippen LogP contribution in [0.4, 0.5) is 0 Å². The number of hydrogen-bond donors (Lipinski definition) is 3. The number of nitrogens with zero attached hydrogens (tertiary/aromatic N) is 1. The molecule has 2 rings (SSSR count). The standard InChI is InChI=1S/C14H20N4O2/c1-3-19-11-6-5-10(9-12(11)20-4-2)13(18-15)14-16-7-8-17-14/h5-9,13,18H,3-4,15H2,1-2H3,(H,16,17). The molecule has 0 bridgehead atoms. The first-order valence-corrected chi connectivity index (χ1v) is 6.65. The van der Waals surface area contributed by atoms with Gasteiger partial charge < -0.3 is 14.5 Å². The second kappa shape index (κ2) is 6.93. The van der Waals surface area contributed by atoms with Gasteiger partial charge in [-0.05, 0) is 31.5 Å². The fourth-order valence-electron chi connectivity index (χ4n) is 2.02. The minimum atomic E-state index is -0.222. The summed E-state index contributed by atoms with van der Waals surface area (Å²) in [5, 5.41) is 0. The Morgan fingerprint density at radius 1 is 1.25 bits per heavy atom. The van der Waals surface area contributed by atoms with E-state index >= 15 is 0 Å². The van der Waals surface area contributed by atoms with Gasteiger partial charge in [-0.15, -0.1) is 0 Å². The maximum Gasteiger partial charge on any atom is 0.161 e. The molecule has 108 valence electrons. The van der Waals surface area contributed by atoms with E-state index in [1.165, 1.54) is 0 Å². The maximum absolute atomic E-state index is 5.63. The van der Waals surface area contributed by atoms with Crippen molar-refractivity contribution in [2.45, 2.75) is 19.9 Å². The molecule has 6 nitrogen and oxygen atoms in total. The second-order valence-electron chi connectivity index (χ2n) is 4.15. The van der Waals surface area contributed by atoms with Gasteiger partial charge in [0.05, 0.1) is 13.2 Å². The number of aromatic nitrogens is 2. The summed E-state index contributed by atoms with van der Waals surface area (Å²) in [6, 6.07) is 5.53. The van der Waals surface area contributed by atoms with Gasteiger partial charge in [0, 0.05) is 12.4 Å². The van der Waals surface area contributed by atoms with E-state index in [1.54, 1.807) is 12.4 Å². The van der Waals surface area contributed by atoms with Crippen LogP contribution in [0.1, 0.15) is 31.3 Å². The number of ether oxygens (including phenoxy) is 2. The number of benzene rings is 1. The van der Waals surface area contributed by atoms with Crippen LogP contribution in [0.2, 0.25) is 0 Å². The zero-order chi connectivity index (χ0) is 14.4. The summed E-state index contributed by atoms with van der Waals surface area (Å²) in [6.45, 7) is 5.05. The van der Waals surface area contributed by atoms with Crippen molar-refractivity contribution < 1.29 is 9.47 Å². The van der Waals surface area contributed by atoms with Crippen molar-refractivity contribution >= 4 is 0 Å². The van der Waals surface area contributed by atoms with Crippen molar-refractivity contribution in [1.29, 1.82) is 0 Å². The van der Waals surface area contributed by atoms with Gasteiger partial charge in [-0.2, -0.15) is 0 Å². The third-order valence-electron chi connectivity index (χ3n) is 2.86. The van der Waals surface area contributed by atoms with E-state index < -0.39 is 0 Å². The smallest absolute Gasteiger partial charge is 0.161 e. The van der Waals surface area contributed by atoms with E-state index in [0.29, 0.717) is 19.0 Å². The molecule has 4 N–H and O–H groups in total. The van der Waals surface area contributed by atoms with Crippen LogP contribution in [0.5, 0.6) is 11.5 Å². The zero-order valence-corrected chi connectivity index (χ0v) is 11.7. The summed E-state index contributed by atoms with van der Waals surface area (Å²) in [4.78, 5) is 7.28. The number of aromatic amines is 1. The number of nitrogens with two attached hydrogens (primary N) is 1. The van der Waals surface area contributed by atoms with E-state index in [-0.39, 0.29) is 6.04 Å². The quantitative estimate of drug-likeness (QED) is 0.530. The van der Waals surface area contributed by atoms with E-state index in [9.17, 15) is 0 Å². The highest BCUT2D eigenvalue weighted by Crippen LogP contribution is 2.31. The van der Waals surface area contributed by atoms with Crippen LogP contribution in [0, 0.1) is 0 Å². The second-order valence-corrected chi connectivity index (χ2v) is 4.15. The Labute approximate surface area is 118 Å². The first-order valence-electron chi connectivity index (χ1n) is 6.65. The third kappa shape index (κ3) is 3.09. The molecular formula is C14H20N4O2. The van der Waals surface area contributed by atoms with Crippen LogP contribution in [0.25, 0.3) is 0 Å². The molecule has 6 heteroatoms. The van der Waals surface area contributed by atoms with E-state index in [0.717, 1.165) is 17.1 Å². The molecular weight excluding hydrogens is 256 g/mol. The highest BCUT2D eigenvalue weighted by atomic mass is 16.5. The number of H-pyrrole nitrogens is 1. The Kier molecular flexibility index (Phi) is 4.97. The number of hydrogen-bond acceptors (Lipinski definition) is 5. The van der Waals surface area contributed by atoms with Crippen LogP contribution in [0.3, 0.4) is 0 Å². The lowest BCUT2D eigenvalue weighted by Crippen LogP contribution is -2.29. The molecule has 1 aromatic heterocycles. The zero-order valence-electron chi connectivity index (χ0n) is 11.7. The van der Waals surface area contributed by atoms with Gasteiger partial charge in [0.1, 0.15) is 11.9 Å². The van der Waals surface area contributed by atoms with Crippen LogP contribution >= 0.6 is 0 Å². The highest BCUT2D eigenvalue weighted by molar-refractivity contribution is 5.45. The molecule has 0 aliphatic carbocycles. The molecule has 0 amide bonds. The first kappa shape index (κ1) is 14.4. The Balaban J connectivity index is 2.33. The van der Waals surface area contributed by atoms with Gasteiger partial charge in [0.15, 0.2) is 11.5 Å². The van der Waals surface area contributed by atoms with Crippen LogP contribution < -0.4 is 20.7 Å². The maximum atomic E-state index is 5.63. The van der Waals surface area contributed by atoms with Gasteiger partial charge in [0.2, 0.25) is 0 Å². The van der Waals surface area contributed by atoms with Crippen LogP contribution in [-0.4, -0.2) is 23.2 Å². The fraction of sp³-hybridized carbons (Fsp3) is 0.357. The lowest BCUT2D eigenvalue weighted by Gasteiger charge is -2.17. The molecule has 0 spiro atoms. The predicted octanol–water partition coefficient (Wildman–Crippen LogP) is 1.76. The average Bonchev–Trinajstić information content (AvgIpc) is 2.97. The van der Waals surface area contributed by atoms with Crippen molar-refractivity contribution in [3.8, 4) is 11.5 Å². The lowest BCUT2D eigenvalue weighted by atomic mass is 10.1. The van der Waals surface area contributed by atoms with Crippen molar-refractivity contribution in [3.63, 3.8) is 0 Å². The molecule has 0 fully saturated rings. The SMILES string of the molecule is CCOc1ccc(C(NN)c2ncc[nH]2)cc1OCC. The first-order chi connectivity index (χ1) is 9.80. The summed E-state index contributed by atoms with van der Waals surface area (Å²) >= 11 is 0. The molecule has 0 aliphatic heterocycles. The molecule has 20 heavy (non-hydrogen) atoms. The molecule has 1 atom stereocenters. The topological polar surface area (TPSA) is 85.2 Å². The van der Waals surface area contributed by atoms with Crippen molar-refractivity contribution in [2.24, 2.45) is 5.84 Å². The fourth-order valence-corrected chi connectivity index (χ4v) is 2.02. The number of hydrazine groups is 1. The summed E-state index contributed by atoms with van der Waals surface area (Å²) in [6.07, 6.45) is 3.45. The minimum Gasteiger partial charge on any atom is -0.490 e. The summed E-state index contributed by atoms with van der Waals surface area (Å²) in [5.41, 5.74) is 3.70. The Hall–Kier alpha value is -2.05. The lowest BCUT2D eigenvalue weighted by molar-refractivity contribution is 0.287. The average molecular weight is 276 g/mol. The summed E-state index contributed by atoms with van der Waals surface area (Å²) in [7, 11) is 0. The highest BCUT2D eigenvalue weighted by Gasteiger charge is 2.17. The van der Waals surface area contributed by atoms with E-state index in [1.807, 2.05) is 32.0 Å². The van der Waals surface area contributed by atoms with Crippen molar-refractivity contribution in [1.82, 2.24) is 15.4 Å². The minimum absolute atomic E-state index is 0.222. The predicted molar refractivity (Wildman–Crippen MR) is 76.5 cm³/mol. The Bertz CT molecular complexity index is 528. The van der Waals surface area contributed by atoms with Crippen LogP contribution in [0.15, 0.2) is 30.6 Å². The Morgan fingerprint density at radius 2 is 2.00 bits per heavy atom. The van der Waals surface area contributed by atoms with E-state index in [2.05, 4.69) is 15.4 Å². The molecule has 0 aliphatic rings. The molecule has 1 heterocycles. The third-order valence-corrected chi connectivity index (χ3v) is 2.86. The van der Waals surface area contributed by atoms with E-state index in [4.69, 9.17) is 15.3 Å². The van der Waals surface area contributed by atoms with Gasteiger partial charge in [-0.3, -0.25) is 5.84 Å². The van der Waals surface area contributed by atoms with Gasteiger partial charge in [0.25, 0.3) is 0 Å². The van der Waals surface area contributed by atoms with Crippen molar-refractivity contribution in [3.05, 3.63) is 42.0 Å². The number of rotatable bonds is 7. The molecule has 0 radical (unpaired) electrons. The largest absolute Gasteiger partial charge is 0.490 e.